The first-order valence-corrected chi connectivity index (χ1v) is 10.6. The Kier molecular flexibility index (Phi) is 5.92. The summed E-state index contributed by atoms with van der Waals surface area (Å²) in [5.41, 5.74) is 3.47. The fraction of sp³-hybridized carbons (Fsp3) is 0.391. The summed E-state index contributed by atoms with van der Waals surface area (Å²) in [5, 5.41) is 4.86. The predicted molar refractivity (Wildman–Crippen MR) is 120 cm³/mol. The van der Waals surface area contributed by atoms with Gasteiger partial charge in [-0.3, -0.25) is 4.90 Å². The van der Waals surface area contributed by atoms with Crippen LogP contribution in [0.15, 0.2) is 42.5 Å². The average molecular weight is 425 g/mol. The maximum absolute atomic E-state index is 5.71. The molecule has 0 radical (unpaired) electrons. The molecule has 0 saturated carbocycles. The van der Waals surface area contributed by atoms with E-state index in [1.54, 1.807) is 14.2 Å². The predicted octanol–water partition coefficient (Wildman–Crippen LogP) is 4.74. The fourth-order valence-electron chi connectivity index (χ4n) is 4.23. The smallest absolute Gasteiger partial charge is 0.199 e. The van der Waals surface area contributed by atoms with Crippen molar-refractivity contribution >= 4 is 12.2 Å². The van der Waals surface area contributed by atoms with Crippen LogP contribution in [-0.4, -0.2) is 40.0 Å². The number of aromatic nitrogens is 3. The summed E-state index contributed by atoms with van der Waals surface area (Å²) >= 11 is 5.71. The van der Waals surface area contributed by atoms with E-state index in [0.717, 1.165) is 47.0 Å². The van der Waals surface area contributed by atoms with Gasteiger partial charge in [0.25, 0.3) is 0 Å². The highest BCUT2D eigenvalue weighted by Crippen LogP contribution is 2.39. The molecule has 0 bridgehead atoms. The van der Waals surface area contributed by atoms with Crippen molar-refractivity contribution in [3.8, 4) is 22.9 Å². The van der Waals surface area contributed by atoms with Crippen molar-refractivity contribution < 1.29 is 9.47 Å². The minimum atomic E-state index is 0.261. The van der Waals surface area contributed by atoms with E-state index in [2.05, 4.69) is 42.2 Å². The Morgan fingerprint density at radius 3 is 2.70 bits per heavy atom. The van der Waals surface area contributed by atoms with Crippen LogP contribution < -0.4 is 9.47 Å². The molecule has 0 spiro atoms. The van der Waals surface area contributed by atoms with Crippen molar-refractivity contribution in [2.45, 2.75) is 32.5 Å². The third-order valence-corrected chi connectivity index (χ3v) is 6.28. The first kappa shape index (κ1) is 20.6. The normalized spacial score (nSPS) is 16.7. The average Bonchev–Trinajstić information content (AvgIpc) is 3.33. The highest BCUT2D eigenvalue weighted by molar-refractivity contribution is 7.71. The van der Waals surface area contributed by atoms with Gasteiger partial charge >= 0.3 is 0 Å². The first-order chi connectivity index (χ1) is 14.5. The minimum absolute atomic E-state index is 0.261. The van der Waals surface area contributed by atoms with E-state index in [0.29, 0.717) is 6.67 Å². The Balaban J connectivity index is 1.63. The molecule has 1 atom stereocenters. The summed E-state index contributed by atoms with van der Waals surface area (Å²) in [6.07, 6.45) is 2.21. The van der Waals surface area contributed by atoms with Gasteiger partial charge < -0.3 is 14.0 Å². The summed E-state index contributed by atoms with van der Waals surface area (Å²) in [5.74, 6) is 2.55. The molecule has 4 rings (SSSR count). The molecule has 6 nitrogen and oxygen atoms in total. The lowest BCUT2D eigenvalue weighted by Gasteiger charge is -2.26. The molecule has 1 aliphatic rings. The van der Waals surface area contributed by atoms with Gasteiger partial charge in [0, 0.05) is 36.8 Å². The van der Waals surface area contributed by atoms with Crippen LogP contribution >= 0.6 is 12.2 Å². The minimum Gasteiger partial charge on any atom is -0.497 e. The molecule has 1 fully saturated rings. The van der Waals surface area contributed by atoms with E-state index in [-0.39, 0.29) is 6.04 Å². The molecule has 2 heterocycles. The summed E-state index contributed by atoms with van der Waals surface area (Å²) in [7, 11) is 5.36. The SMILES string of the molecule is COc1ccc([C@H]2CCCN2Cn2nc(-c3cccc(C)c3)n(C)c2=S)c(OC)c1. The maximum Gasteiger partial charge on any atom is 0.199 e. The number of hydrogen-bond donors (Lipinski definition) is 0. The topological polar surface area (TPSA) is 44.5 Å². The number of likely N-dealkylation sites (tertiary alicyclic amines) is 1. The molecule has 7 heteroatoms. The quantitative estimate of drug-likeness (QED) is 0.535. The zero-order valence-corrected chi connectivity index (χ0v) is 18.8. The molecular formula is C23H28N4O2S. The molecule has 1 aromatic heterocycles. The number of benzene rings is 2. The molecule has 0 amide bonds. The number of aryl methyl sites for hydroxylation is 1. The Morgan fingerprint density at radius 2 is 1.97 bits per heavy atom. The van der Waals surface area contributed by atoms with Crippen LogP contribution in [0.4, 0.5) is 0 Å². The van der Waals surface area contributed by atoms with Crippen LogP contribution in [0.1, 0.15) is 30.0 Å². The van der Waals surface area contributed by atoms with Crippen LogP contribution in [0.2, 0.25) is 0 Å². The van der Waals surface area contributed by atoms with E-state index < -0.39 is 0 Å². The van der Waals surface area contributed by atoms with E-state index in [4.69, 9.17) is 26.8 Å². The van der Waals surface area contributed by atoms with E-state index in [1.807, 2.05) is 28.4 Å². The molecule has 158 valence electrons. The standard InChI is InChI=1S/C23H28N4O2S/c1-16-7-5-8-17(13-16)22-24-27(23(30)25(22)2)15-26-12-6-9-20(26)19-11-10-18(28-3)14-21(19)29-4/h5,7-8,10-11,13-14,20H,6,9,12,15H2,1-4H3/t20-/m1/s1. The van der Waals surface area contributed by atoms with Crippen LogP contribution in [0.3, 0.4) is 0 Å². The molecule has 0 unspecified atom stereocenters. The number of nitrogens with zero attached hydrogens (tertiary/aromatic N) is 4. The van der Waals surface area contributed by atoms with Crippen LogP contribution in [-0.2, 0) is 13.7 Å². The Morgan fingerprint density at radius 1 is 1.13 bits per heavy atom. The monoisotopic (exact) mass is 424 g/mol. The molecular weight excluding hydrogens is 396 g/mol. The lowest BCUT2D eigenvalue weighted by molar-refractivity contribution is 0.187. The fourth-order valence-corrected chi connectivity index (χ4v) is 4.41. The molecule has 1 aliphatic heterocycles. The van der Waals surface area contributed by atoms with Gasteiger partial charge in [0.1, 0.15) is 11.5 Å². The lowest BCUT2D eigenvalue weighted by atomic mass is 10.0. The third-order valence-electron chi connectivity index (χ3n) is 5.80. The Hall–Kier alpha value is -2.64. The van der Waals surface area contributed by atoms with Crippen molar-refractivity contribution in [2.24, 2.45) is 7.05 Å². The third kappa shape index (κ3) is 3.87. The zero-order valence-electron chi connectivity index (χ0n) is 18.0. The molecule has 0 aliphatic carbocycles. The molecule has 2 aromatic carbocycles. The molecule has 3 aromatic rings. The van der Waals surface area contributed by atoms with Gasteiger partial charge in [-0.2, -0.15) is 5.10 Å². The van der Waals surface area contributed by atoms with Gasteiger partial charge in [0.2, 0.25) is 0 Å². The number of ether oxygens (including phenoxy) is 2. The number of rotatable bonds is 6. The van der Waals surface area contributed by atoms with Gasteiger partial charge in [0.05, 0.1) is 20.9 Å². The lowest BCUT2D eigenvalue weighted by Crippen LogP contribution is -2.27. The van der Waals surface area contributed by atoms with Crippen LogP contribution in [0.25, 0.3) is 11.4 Å². The summed E-state index contributed by atoms with van der Waals surface area (Å²) < 4.78 is 15.7. The first-order valence-electron chi connectivity index (χ1n) is 10.2. The van der Waals surface area contributed by atoms with Gasteiger partial charge in [-0.25, -0.2) is 4.68 Å². The second-order valence-corrected chi connectivity index (χ2v) is 8.12. The van der Waals surface area contributed by atoms with Crippen LogP contribution in [0.5, 0.6) is 11.5 Å². The van der Waals surface area contributed by atoms with Crippen molar-refractivity contribution in [1.29, 1.82) is 0 Å². The van der Waals surface area contributed by atoms with E-state index in [9.17, 15) is 0 Å². The second kappa shape index (κ2) is 8.62. The van der Waals surface area contributed by atoms with Crippen LogP contribution in [0, 0.1) is 11.7 Å². The maximum atomic E-state index is 5.71. The highest BCUT2D eigenvalue weighted by Gasteiger charge is 2.29. The van der Waals surface area contributed by atoms with E-state index >= 15 is 0 Å². The van der Waals surface area contributed by atoms with Crippen molar-refractivity contribution in [3.05, 3.63) is 58.4 Å². The molecule has 30 heavy (non-hydrogen) atoms. The van der Waals surface area contributed by atoms with Crippen molar-refractivity contribution in [3.63, 3.8) is 0 Å². The number of methoxy groups -OCH3 is 2. The second-order valence-electron chi connectivity index (χ2n) is 7.75. The highest BCUT2D eigenvalue weighted by atomic mass is 32.1. The number of hydrogen-bond acceptors (Lipinski definition) is 5. The molecule has 1 saturated heterocycles. The summed E-state index contributed by atoms with van der Waals surface area (Å²) in [6.45, 7) is 3.74. The van der Waals surface area contributed by atoms with E-state index in [1.165, 1.54) is 11.1 Å². The zero-order chi connectivity index (χ0) is 21.3. The van der Waals surface area contributed by atoms with Crippen molar-refractivity contribution in [2.75, 3.05) is 20.8 Å². The van der Waals surface area contributed by atoms with Crippen molar-refractivity contribution in [1.82, 2.24) is 19.2 Å². The Bertz CT molecular complexity index is 1100. The summed E-state index contributed by atoms with van der Waals surface area (Å²) in [6, 6.07) is 14.7. The van der Waals surface area contributed by atoms with Gasteiger partial charge in [-0.1, -0.05) is 29.8 Å². The van der Waals surface area contributed by atoms with Gasteiger partial charge in [0.15, 0.2) is 10.6 Å². The Labute approximate surface area is 182 Å². The van der Waals surface area contributed by atoms with Gasteiger partial charge in [-0.15, -0.1) is 0 Å². The molecule has 0 N–H and O–H groups in total. The van der Waals surface area contributed by atoms with Gasteiger partial charge in [-0.05, 0) is 44.1 Å². The summed E-state index contributed by atoms with van der Waals surface area (Å²) in [4.78, 5) is 2.42. The largest absolute Gasteiger partial charge is 0.497 e.